The van der Waals surface area contributed by atoms with E-state index in [2.05, 4.69) is 9.97 Å². The largest absolute Gasteiger partial charge is 0.455 e. The Morgan fingerprint density at radius 2 is 1.97 bits per heavy atom. The number of para-hydroxylation sites is 1. The molecular formula is C20H17N3O3S3. The molecule has 29 heavy (non-hydrogen) atoms. The molecule has 148 valence electrons. The summed E-state index contributed by atoms with van der Waals surface area (Å²) in [5.74, 6) is -0.765. The van der Waals surface area contributed by atoms with Crippen LogP contribution in [0.2, 0.25) is 0 Å². The molecule has 0 saturated heterocycles. The average molecular weight is 444 g/mol. The Kier molecular flexibility index (Phi) is 5.98. The van der Waals surface area contributed by atoms with Crippen LogP contribution < -0.4 is 4.90 Å². The van der Waals surface area contributed by atoms with Gasteiger partial charge < -0.3 is 4.74 Å². The van der Waals surface area contributed by atoms with Gasteiger partial charge in [-0.3, -0.25) is 14.5 Å². The highest BCUT2D eigenvalue weighted by Gasteiger charge is 2.20. The molecule has 4 rings (SSSR count). The van der Waals surface area contributed by atoms with Crippen molar-refractivity contribution in [1.29, 1.82) is 0 Å². The normalized spacial score (nSPS) is 10.9. The summed E-state index contributed by atoms with van der Waals surface area (Å²) in [4.78, 5) is 36.3. The van der Waals surface area contributed by atoms with E-state index in [4.69, 9.17) is 4.74 Å². The van der Waals surface area contributed by atoms with Gasteiger partial charge in [-0.2, -0.15) is 0 Å². The van der Waals surface area contributed by atoms with E-state index < -0.39 is 5.97 Å². The van der Waals surface area contributed by atoms with Crippen molar-refractivity contribution >= 4 is 61.2 Å². The summed E-state index contributed by atoms with van der Waals surface area (Å²) in [6.45, 7) is 2.00. The summed E-state index contributed by atoms with van der Waals surface area (Å²) in [5, 5.41) is 5.32. The smallest absolute Gasteiger partial charge is 0.312 e. The molecule has 0 bridgehead atoms. The third-order valence-electron chi connectivity index (χ3n) is 4.10. The number of aromatic nitrogens is 2. The topological polar surface area (TPSA) is 72.4 Å². The minimum atomic E-state index is -0.471. The lowest BCUT2D eigenvalue weighted by atomic mass is 10.3. The van der Waals surface area contributed by atoms with Crippen LogP contribution in [0.4, 0.5) is 5.13 Å². The van der Waals surface area contributed by atoms with Crippen LogP contribution in [0.1, 0.15) is 12.6 Å². The first-order chi connectivity index (χ1) is 14.1. The molecule has 4 aromatic rings. The fourth-order valence-corrected chi connectivity index (χ4v) is 5.39. The zero-order valence-corrected chi connectivity index (χ0v) is 18.0. The molecule has 0 radical (unpaired) electrons. The van der Waals surface area contributed by atoms with Crippen LogP contribution in [0.3, 0.4) is 0 Å². The van der Waals surface area contributed by atoms with Gasteiger partial charge in [-0.1, -0.05) is 29.5 Å². The number of carbonyl (C=O) groups is 2. The van der Waals surface area contributed by atoms with Gasteiger partial charge >= 0.3 is 5.97 Å². The molecule has 3 heterocycles. The number of carbonyl (C=O) groups excluding carboxylic acids is 2. The van der Waals surface area contributed by atoms with Gasteiger partial charge in [-0.25, -0.2) is 9.97 Å². The van der Waals surface area contributed by atoms with Crippen molar-refractivity contribution in [2.24, 2.45) is 0 Å². The van der Waals surface area contributed by atoms with Gasteiger partial charge in [0.05, 0.1) is 27.2 Å². The molecule has 0 saturated carbocycles. The zero-order chi connectivity index (χ0) is 20.2. The van der Waals surface area contributed by atoms with Gasteiger partial charge in [-0.05, 0) is 30.5 Å². The van der Waals surface area contributed by atoms with E-state index in [1.807, 2.05) is 54.1 Å². The maximum Gasteiger partial charge on any atom is 0.312 e. The number of benzene rings is 1. The molecule has 0 aliphatic carbocycles. The van der Waals surface area contributed by atoms with E-state index in [0.29, 0.717) is 17.4 Å². The number of fused-ring (bicyclic) bond motifs is 1. The number of thiazole rings is 2. The molecule has 6 nitrogen and oxygen atoms in total. The standard InChI is InChI=1S/C20H17N3O3S3/c1-2-23(20-22-14-6-3-4-7-15(14)29-20)17(24)11-26-18(25)10-13-12-28-19(21-13)16-8-5-9-27-16/h3-9,12H,2,10-11H2,1H3. The summed E-state index contributed by atoms with van der Waals surface area (Å²) < 4.78 is 6.21. The fourth-order valence-electron chi connectivity index (χ4n) is 2.71. The fraction of sp³-hybridized carbons (Fsp3) is 0.200. The van der Waals surface area contributed by atoms with Crippen molar-refractivity contribution < 1.29 is 14.3 Å². The zero-order valence-electron chi connectivity index (χ0n) is 15.5. The molecule has 9 heteroatoms. The molecule has 0 aliphatic heterocycles. The Bertz CT molecular complexity index is 1100. The second kappa shape index (κ2) is 8.81. The Hall–Kier alpha value is -2.62. The maximum atomic E-state index is 12.6. The van der Waals surface area contributed by atoms with Crippen LogP contribution in [0.5, 0.6) is 0 Å². The van der Waals surface area contributed by atoms with Crippen LogP contribution >= 0.6 is 34.0 Å². The number of hydrogen-bond donors (Lipinski definition) is 0. The van der Waals surface area contributed by atoms with Crippen LogP contribution in [0.15, 0.2) is 47.2 Å². The highest BCUT2D eigenvalue weighted by atomic mass is 32.1. The second-order valence-electron chi connectivity index (χ2n) is 6.06. The first kappa shape index (κ1) is 19.7. The molecule has 0 fully saturated rings. The first-order valence-corrected chi connectivity index (χ1v) is 11.5. The van der Waals surface area contributed by atoms with Gasteiger partial charge in [0.1, 0.15) is 5.01 Å². The van der Waals surface area contributed by atoms with E-state index in [-0.39, 0.29) is 18.9 Å². The van der Waals surface area contributed by atoms with E-state index in [9.17, 15) is 9.59 Å². The number of hydrogen-bond acceptors (Lipinski definition) is 8. The number of ether oxygens (including phenoxy) is 1. The van der Waals surface area contributed by atoms with E-state index in [1.54, 1.807) is 11.3 Å². The minimum Gasteiger partial charge on any atom is -0.455 e. The van der Waals surface area contributed by atoms with Crippen LogP contribution in [-0.4, -0.2) is 35.0 Å². The number of anilines is 1. The molecule has 0 atom stereocenters. The van der Waals surface area contributed by atoms with Crippen LogP contribution in [-0.2, 0) is 20.7 Å². The lowest BCUT2D eigenvalue weighted by molar-refractivity contribution is -0.147. The SMILES string of the molecule is CCN(C(=O)COC(=O)Cc1csc(-c2cccs2)n1)c1nc2ccccc2s1. The average Bonchev–Trinajstić information content (AvgIpc) is 3.46. The van der Waals surface area contributed by atoms with Gasteiger partial charge in [0.15, 0.2) is 11.7 Å². The minimum absolute atomic E-state index is 0.0441. The van der Waals surface area contributed by atoms with Gasteiger partial charge in [0.2, 0.25) is 0 Å². The molecular weight excluding hydrogens is 426 g/mol. The Balaban J connectivity index is 1.35. The monoisotopic (exact) mass is 443 g/mol. The molecule has 0 aliphatic rings. The predicted octanol–water partition coefficient (Wildman–Crippen LogP) is 4.62. The van der Waals surface area contributed by atoms with Crippen molar-refractivity contribution in [3.63, 3.8) is 0 Å². The van der Waals surface area contributed by atoms with Gasteiger partial charge in [-0.15, -0.1) is 22.7 Å². The van der Waals surface area contributed by atoms with Crippen molar-refractivity contribution in [3.05, 3.63) is 52.9 Å². The van der Waals surface area contributed by atoms with E-state index in [0.717, 1.165) is 20.1 Å². The van der Waals surface area contributed by atoms with Crippen molar-refractivity contribution in [2.45, 2.75) is 13.3 Å². The number of likely N-dealkylation sites (N-methyl/N-ethyl adjacent to an activating group) is 1. The lowest BCUT2D eigenvalue weighted by Gasteiger charge is -2.17. The van der Waals surface area contributed by atoms with E-state index >= 15 is 0 Å². The summed E-state index contributed by atoms with van der Waals surface area (Å²) in [5.41, 5.74) is 1.50. The Morgan fingerprint density at radius 3 is 2.72 bits per heavy atom. The van der Waals surface area contributed by atoms with Gasteiger partial charge in [0.25, 0.3) is 5.91 Å². The number of thiophene rings is 1. The maximum absolute atomic E-state index is 12.6. The number of rotatable bonds is 7. The lowest BCUT2D eigenvalue weighted by Crippen LogP contribution is -2.34. The summed E-state index contributed by atoms with van der Waals surface area (Å²) >= 11 is 4.54. The predicted molar refractivity (Wildman–Crippen MR) is 118 cm³/mol. The molecule has 3 aromatic heterocycles. The first-order valence-electron chi connectivity index (χ1n) is 8.94. The highest BCUT2D eigenvalue weighted by Crippen LogP contribution is 2.29. The third-order valence-corrected chi connectivity index (χ3v) is 7.09. The Labute approximate surface area is 179 Å². The number of amides is 1. The van der Waals surface area contributed by atoms with Crippen molar-refractivity contribution in [1.82, 2.24) is 9.97 Å². The van der Waals surface area contributed by atoms with Crippen molar-refractivity contribution in [2.75, 3.05) is 18.1 Å². The molecule has 0 unspecified atom stereocenters. The number of esters is 1. The molecule has 0 spiro atoms. The quantitative estimate of drug-likeness (QED) is 0.390. The van der Waals surface area contributed by atoms with E-state index in [1.165, 1.54) is 27.6 Å². The second-order valence-corrected chi connectivity index (χ2v) is 8.88. The highest BCUT2D eigenvalue weighted by molar-refractivity contribution is 7.22. The molecule has 0 N–H and O–H groups in total. The molecule has 1 aromatic carbocycles. The third kappa shape index (κ3) is 4.52. The van der Waals surface area contributed by atoms with Crippen LogP contribution in [0.25, 0.3) is 20.1 Å². The summed E-state index contributed by atoms with van der Waals surface area (Å²) in [6, 6.07) is 11.7. The number of nitrogens with zero attached hydrogens (tertiary/aromatic N) is 3. The van der Waals surface area contributed by atoms with Gasteiger partial charge in [0, 0.05) is 11.9 Å². The molecule has 1 amide bonds. The summed E-state index contributed by atoms with van der Waals surface area (Å²) in [7, 11) is 0. The Morgan fingerprint density at radius 1 is 1.10 bits per heavy atom. The van der Waals surface area contributed by atoms with Crippen LogP contribution in [0, 0.1) is 0 Å². The summed E-state index contributed by atoms with van der Waals surface area (Å²) in [6.07, 6.45) is 0.0441. The van der Waals surface area contributed by atoms with Crippen molar-refractivity contribution in [3.8, 4) is 9.88 Å².